The molecule has 2 aliphatic heterocycles. The Morgan fingerprint density at radius 2 is 1.73 bits per heavy atom. The van der Waals surface area contributed by atoms with E-state index in [1.807, 2.05) is 4.90 Å². The van der Waals surface area contributed by atoms with E-state index in [4.69, 9.17) is 4.98 Å². The van der Waals surface area contributed by atoms with Gasteiger partial charge in [0.15, 0.2) is 0 Å². The van der Waals surface area contributed by atoms with E-state index in [1.165, 1.54) is 22.8 Å². The average Bonchev–Trinajstić information content (AvgIpc) is 3.41. The number of nitrogens with zero attached hydrogens (tertiary/aromatic N) is 5. The summed E-state index contributed by atoms with van der Waals surface area (Å²) in [5, 5.41) is 0. The number of pyridine rings is 1. The third kappa shape index (κ3) is 3.75. The first-order valence-corrected chi connectivity index (χ1v) is 10.5. The summed E-state index contributed by atoms with van der Waals surface area (Å²) < 4.78 is 39.9. The van der Waals surface area contributed by atoms with Crippen molar-refractivity contribution >= 4 is 11.9 Å². The van der Waals surface area contributed by atoms with Crippen LogP contribution in [-0.2, 0) is 13.2 Å². The molecule has 2 unspecified atom stereocenters. The Morgan fingerprint density at radius 1 is 1.03 bits per heavy atom. The van der Waals surface area contributed by atoms with Gasteiger partial charge >= 0.3 is 6.18 Å². The molecule has 2 aliphatic rings. The number of carbonyl (C=O) groups excluding carboxylic acids is 1. The number of carbonyl (C=O) groups is 1. The van der Waals surface area contributed by atoms with Crippen molar-refractivity contribution in [2.24, 2.45) is 7.05 Å². The van der Waals surface area contributed by atoms with Crippen molar-refractivity contribution in [3.8, 4) is 11.3 Å². The summed E-state index contributed by atoms with van der Waals surface area (Å²) in [6, 6.07) is 9.21. The molecular formula is C23H20F3N5O2. The van der Waals surface area contributed by atoms with E-state index in [9.17, 15) is 22.8 Å². The number of hydrogen-bond acceptors (Lipinski definition) is 5. The number of benzene rings is 1. The standard InChI is InChI=1S/C23H20F3N5O2/c1-29-20(32)11-19(14-6-8-27-9-7-14)28-22(29)31-13-17-10-18(31)12-30(17)21(33)15-2-4-16(5-3-15)23(24,25)26/h2-9,11,17-18H,10,12-13H2,1H3. The first kappa shape index (κ1) is 21.2. The van der Waals surface area contributed by atoms with Gasteiger partial charge in [0.1, 0.15) is 0 Å². The fraction of sp³-hybridized carbons (Fsp3) is 0.304. The number of piperazine rings is 1. The molecule has 0 N–H and O–H groups in total. The Balaban J connectivity index is 1.37. The second kappa shape index (κ2) is 7.72. The monoisotopic (exact) mass is 455 g/mol. The minimum atomic E-state index is -4.44. The van der Waals surface area contributed by atoms with Gasteiger partial charge in [-0.3, -0.25) is 19.1 Å². The van der Waals surface area contributed by atoms with Crippen LogP contribution in [0.15, 0.2) is 59.7 Å². The average molecular weight is 455 g/mol. The first-order valence-electron chi connectivity index (χ1n) is 10.5. The highest BCUT2D eigenvalue weighted by Gasteiger charge is 2.46. The van der Waals surface area contributed by atoms with Crippen molar-refractivity contribution in [1.29, 1.82) is 0 Å². The highest BCUT2D eigenvalue weighted by atomic mass is 19.4. The molecule has 5 rings (SSSR count). The molecule has 1 amide bonds. The van der Waals surface area contributed by atoms with Crippen LogP contribution >= 0.6 is 0 Å². The zero-order chi connectivity index (χ0) is 23.3. The van der Waals surface area contributed by atoms with Crippen LogP contribution in [0.5, 0.6) is 0 Å². The van der Waals surface area contributed by atoms with Crippen molar-refractivity contribution in [2.45, 2.75) is 24.7 Å². The summed E-state index contributed by atoms with van der Waals surface area (Å²) in [6.45, 7) is 0.914. The molecule has 2 atom stereocenters. The molecule has 170 valence electrons. The number of rotatable bonds is 3. The molecule has 7 nitrogen and oxygen atoms in total. The van der Waals surface area contributed by atoms with Crippen LogP contribution in [0.2, 0.25) is 0 Å². The van der Waals surface area contributed by atoms with Gasteiger partial charge in [0.05, 0.1) is 23.3 Å². The molecule has 2 bridgehead atoms. The number of likely N-dealkylation sites (tertiary alicyclic amines) is 1. The summed E-state index contributed by atoms with van der Waals surface area (Å²) in [5.41, 5.74) is 0.595. The highest BCUT2D eigenvalue weighted by Crippen LogP contribution is 2.35. The van der Waals surface area contributed by atoms with Crippen LogP contribution in [0.3, 0.4) is 0 Å². The quantitative estimate of drug-likeness (QED) is 0.607. The van der Waals surface area contributed by atoms with Crippen LogP contribution in [-0.4, -0.2) is 50.5 Å². The van der Waals surface area contributed by atoms with E-state index < -0.39 is 11.7 Å². The van der Waals surface area contributed by atoms with Gasteiger partial charge in [0.25, 0.3) is 11.5 Å². The van der Waals surface area contributed by atoms with Crippen molar-refractivity contribution < 1.29 is 18.0 Å². The molecular weight excluding hydrogens is 435 g/mol. The number of amides is 1. The lowest BCUT2D eigenvalue weighted by Gasteiger charge is -2.35. The Hall–Kier alpha value is -3.69. The Bertz CT molecular complexity index is 1260. The summed E-state index contributed by atoms with van der Waals surface area (Å²) in [5.74, 6) is 0.242. The highest BCUT2D eigenvalue weighted by molar-refractivity contribution is 5.95. The van der Waals surface area contributed by atoms with E-state index in [1.54, 1.807) is 36.5 Å². The smallest absolute Gasteiger partial charge is 0.335 e. The molecule has 10 heteroatoms. The van der Waals surface area contributed by atoms with Crippen LogP contribution in [0.4, 0.5) is 19.1 Å². The first-order chi connectivity index (χ1) is 15.7. The van der Waals surface area contributed by atoms with Crippen LogP contribution < -0.4 is 10.5 Å². The Kier molecular flexibility index (Phi) is 4.95. The lowest BCUT2D eigenvalue weighted by Crippen LogP contribution is -2.50. The number of aromatic nitrogens is 3. The molecule has 4 heterocycles. The number of alkyl halides is 3. The number of halogens is 3. The maximum absolute atomic E-state index is 13.0. The number of fused-ring (bicyclic) bond motifs is 2. The van der Waals surface area contributed by atoms with Crippen LogP contribution in [0.1, 0.15) is 22.3 Å². The van der Waals surface area contributed by atoms with E-state index in [0.717, 1.165) is 17.7 Å². The largest absolute Gasteiger partial charge is 0.416 e. The SMILES string of the molecule is Cn1c(N2CC3CC2CN3C(=O)c2ccc(C(F)(F)F)cc2)nc(-c2ccncc2)cc1=O. The fourth-order valence-electron chi connectivity index (χ4n) is 4.58. The molecule has 2 saturated heterocycles. The maximum Gasteiger partial charge on any atom is 0.416 e. The molecule has 2 fully saturated rings. The van der Waals surface area contributed by atoms with E-state index >= 15 is 0 Å². The van der Waals surface area contributed by atoms with Gasteiger partial charge in [0, 0.05) is 49.7 Å². The van der Waals surface area contributed by atoms with E-state index in [0.29, 0.717) is 31.2 Å². The van der Waals surface area contributed by atoms with Crippen LogP contribution in [0.25, 0.3) is 11.3 Å². The zero-order valence-electron chi connectivity index (χ0n) is 17.7. The second-order valence-electron chi connectivity index (χ2n) is 8.30. The normalized spacial score (nSPS) is 19.9. The second-order valence-corrected chi connectivity index (χ2v) is 8.30. The predicted octanol–water partition coefficient (Wildman–Crippen LogP) is 2.96. The zero-order valence-corrected chi connectivity index (χ0v) is 17.7. The van der Waals surface area contributed by atoms with Crippen molar-refractivity contribution in [1.82, 2.24) is 19.4 Å². The van der Waals surface area contributed by atoms with Gasteiger partial charge in [-0.15, -0.1) is 0 Å². The van der Waals surface area contributed by atoms with Crippen molar-refractivity contribution in [3.05, 3.63) is 76.3 Å². The molecule has 0 saturated carbocycles. The van der Waals surface area contributed by atoms with Gasteiger partial charge in [-0.25, -0.2) is 4.98 Å². The summed E-state index contributed by atoms with van der Waals surface area (Å²) in [6.07, 6.45) is -0.461. The van der Waals surface area contributed by atoms with Crippen LogP contribution in [0, 0.1) is 0 Å². The summed E-state index contributed by atoms with van der Waals surface area (Å²) >= 11 is 0. The Morgan fingerprint density at radius 3 is 2.33 bits per heavy atom. The van der Waals surface area contributed by atoms with Gasteiger partial charge in [0.2, 0.25) is 5.95 Å². The van der Waals surface area contributed by atoms with Gasteiger partial charge < -0.3 is 9.80 Å². The third-order valence-electron chi connectivity index (χ3n) is 6.30. The van der Waals surface area contributed by atoms with Gasteiger partial charge in [-0.1, -0.05) is 0 Å². The molecule has 3 aromatic rings. The number of hydrogen-bond donors (Lipinski definition) is 0. The minimum absolute atomic E-state index is 0.0285. The minimum Gasteiger partial charge on any atom is -0.335 e. The van der Waals surface area contributed by atoms with Crippen molar-refractivity contribution in [2.75, 3.05) is 18.0 Å². The lowest BCUT2D eigenvalue weighted by molar-refractivity contribution is -0.137. The van der Waals surface area contributed by atoms with E-state index in [-0.39, 0.29) is 29.1 Å². The topological polar surface area (TPSA) is 71.3 Å². The van der Waals surface area contributed by atoms with Crippen molar-refractivity contribution in [3.63, 3.8) is 0 Å². The number of anilines is 1. The molecule has 1 aromatic carbocycles. The summed E-state index contributed by atoms with van der Waals surface area (Å²) in [4.78, 5) is 38.0. The van der Waals surface area contributed by atoms with E-state index in [2.05, 4.69) is 4.98 Å². The lowest BCUT2D eigenvalue weighted by atomic mass is 10.1. The molecule has 0 spiro atoms. The maximum atomic E-state index is 13.0. The Labute approximate surface area is 187 Å². The molecule has 0 aliphatic carbocycles. The predicted molar refractivity (Wildman–Crippen MR) is 115 cm³/mol. The molecule has 0 radical (unpaired) electrons. The summed E-state index contributed by atoms with van der Waals surface area (Å²) in [7, 11) is 1.66. The molecule has 33 heavy (non-hydrogen) atoms. The van der Waals surface area contributed by atoms with Gasteiger partial charge in [-0.2, -0.15) is 13.2 Å². The van der Waals surface area contributed by atoms with Gasteiger partial charge in [-0.05, 0) is 42.8 Å². The fourth-order valence-corrected chi connectivity index (χ4v) is 4.58. The third-order valence-corrected chi connectivity index (χ3v) is 6.30. The molecule has 2 aromatic heterocycles.